The molecular formula is C10H14FN3. The van der Waals surface area contributed by atoms with Crippen molar-refractivity contribution in [2.45, 2.75) is 18.9 Å². The molecule has 0 radical (unpaired) electrons. The highest BCUT2D eigenvalue weighted by Gasteiger charge is 2.25. The van der Waals surface area contributed by atoms with E-state index in [4.69, 9.17) is 5.73 Å². The highest BCUT2D eigenvalue weighted by atomic mass is 19.1. The van der Waals surface area contributed by atoms with Gasteiger partial charge in [0.2, 0.25) is 0 Å². The fourth-order valence-corrected chi connectivity index (χ4v) is 2.00. The predicted octanol–water partition coefficient (Wildman–Crippen LogP) is 1.15. The van der Waals surface area contributed by atoms with Crippen LogP contribution in [0.25, 0.3) is 0 Å². The largest absolute Gasteiger partial charge is 0.365 e. The molecule has 1 aromatic heterocycles. The monoisotopic (exact) mass is 195 g/mol. The lowest BCUT2D eigenvalue weighted by Crippen LogP contribution is -2.35. The Bertz CT molecular complexity index is 316. The molecule has 0 unspecified atom stereocenters. The summed E-state index contributed by atoms with van der Waals surface area (Å²) in [6.07, 6.45) is 5.01. The van der Waals surface area contributed by atoms with Gasteiger partial charge in [0.25, 0.3) is 0 Å². The Balaban J connectivity index is 2.26. The van der Waals surface area contributed by atoms with Crippen LogP contribution in [0.4, 0.5) is 10.1 Å². The summed E-state index contributed by atoms with van der Waals surface area (Å²) < 4.78 is 13.4. The molecule has 0 amide bonds. The Kier molecular flexibility index (Phi) is 2.63. The lowest BCUT2D eigenvalue weighted by atomic mass is 10.2. The number of nitrogens with zero attached hydrogens (tertiary/aromatic N) is 2. The van der Waals surface area contributed by atoms with Crippen molar-refractivity contribution in [2.24, 2.45) is 5.73 Å². The zero-order chi connectivity index (χ0) is 9.97. The average Bonchev–Trinajstić information content (AvgIpc) is 2.66. The predicted molar refractivity (Wildman–Crippen MR) is 53.6 cm³/mol. The van der Waals surface area contributed by atoms with Crippen molar-refractivity contribution in [1.29, 1.82) is 0 Å². The summed E-state index contributed by atoms with van der Waals surface area (Å²) in [7, 11) is 0. The van der Waals surface area contributed by atoms with Crippen LogP contribution in [0, 0.1) is 5.82 Å². The van der Waals surface area contributed by atoms with Crippen LogP contribution in [0.15, 0.2) is 18.5 Å². The minimum absolute atomic E-state index is 0.257. The van der Waals surface area contributed by atoms with Gasteiger partial charge >= 0.3 is 0 Å². The van der Waals surface area contributed by atoms with E-state index in [-0.39, 0.29) is 11.9 Å². The minimum Gasteiger partial charge on any atom is -0.365 e. The number of halogens is 1. The van der Waals surface area contributed by atoms with Gasteiger partial charge in [0.05, 0.1) is 11.9 Å². The lowest BCUT2D eigenvalue weighted by molar-refractivity contribution is 0.601. The maximum atomic E-state index is 13.4. The van der Waals surface area contributed by atoms with Gasteiger partial charge in [-0.1, -0.05) is 0 Å². The van der Waals surface area contributed by atoms with Gasteiger partial charge < -0.3 is 10.6 Å². The molecule has 1 fully saturated rings. The lowest BCUT2D eigenvalue weighted by Gasteiger charge is -2.25. The normalized spacial score (nSPS) is 21.6. The van der Waals surface area contributed by atoms with Gasteiger partial charge in [0, 0.05) is 25.3 Å². The molecule has 2 N–H and O–H groups in total. The smallest absolute Gasteiger partial charge is 0.164 e. The highest BCUT2D eigenvalue weighted by molar-refractivity contribution is 5.48. The standard InChI is InChI=1S/C10H14FN3/c11-9-7-13-4-3-10(9)14-5-1-2-8(14)6-12/h3-4,7-8H,1-2,5-6,12H2/t8-/m1/s1. The summed E-state index contributed by atoms with van der Waals surface area (Å²) in [5, 5.41) is 0. The number of hydrogen-bond donors (Lipinski definition) is 1. The molecule has 14 heavy (non-hydrogen) atoms. The molecular weight excluding hydrogens is 181 g/mol. The van der Waals surface area contributed by atoms with Crippen LogP contribution >= 0.6 is 0 Å². The van der Waals surface area contributed by atoms with E-state index in [1.807, 2.05) is 4.90 Å². The molecule has 2 rings (SSSR count). The van der Waals surface area contributed by atoms with E-state index in [1.165, 1.54) is 6.20 Å². The zero-order valence-corrected chi connectivity index (χ0v) is 7.99. The van der Waals surface area contributed by atoms with Gasteiger partial charge in [-0.15, -0.1) is 0 Å². The molecule has 1 aliphatic heterocycles. The number of nitrogens with two attached hydrogens (primary N) is 1. The average molecular weight is 195 g/mol. The second kappa shape index (κ2) is 3.92. The Morgan fingerprint density at radius 2 is 2.50 bits per heavy atom. The molecule has 0 saturated carbocycles. The molecule has 1 saturated heterocycles. The van der Waals surface area contributed by atoms with E-state index < -0.39 is 0 Å². The summed E-state index contributed by atoms with van der Waals surface area (Å²) >= 11 is 0. The Morgan fingerprint density at radius 1 is 1.64 bits per heavy atom. The van der Waals surface area contributed by atoms with Crippen LogP contribution in [0.3, 0.4) is 0 Å². The molecule has 1 aromatic rings. The van der Waals surface area contributed by atoms with Crippen molar-refractivity contribution in [3.05, 3.63) is 24.3 Å². The summed E-state index contributed by atoms with van der Waals surface area (Å²) in [5.41, 5.74) is 6.26. The third-order valence-electron chi connectivity index (χ3n) is 2.71. The van der Waals surface area contributed by atoms with E-state index in [2.05, 4.69) is 4.98 Å². The molecule has 76 valence electrons. The first-order chi connectivity index (χ1) is 6.83. The van der Waals surface area contributed by atoms with Crippen molar-refractivity contribution in [1.82, 2.24) is 4.98 Å². The SMILES string of the molecule is NC[C@H]1CCCN1c1ccncc1F. The maximum absolute atomic E-state index is 13.4. The van der Waals surface area contributed by atoms with Crippen LogP contribution in [0.5, 0.6) is 0 Å². The van der Waals surface area contributed by atoms with Crippen molar-refractivity contribution >= 4 is 5.69 Å². The number of rotatable bonds is 2. The van der Waals surface area contributed by atoms with Crippen LogP contribution in [-0.2, 0) is 0 Å². The van der Waals surface area contributed by atoms with Crippen molar-refractivity contribution in [3.63, 3.8) is 0 Å². The molecule has 0 bridgehead atoms. The van der Waals surface area contributed by atoms with E-state index in [9.17, 15) is 4.39 Å². The van der Waals surface area contributed by atoms with Gasteiger partial charge in [0.15, 0.2) is 5.82 Å². The minimum atomic E-state index is -0.257. The van der Waals surface area contributed by atoms with E-state index >= 15 is 0 Å². The molecule has 0 aromatic carbocycles. The quantitative estimate of drug-likeness (QED) is 0.769. The molecule has 0 spiro atoms. The van der Waals surface area contributed by atoms with Crippen LogP contribution in [-0.4, -0.2) is 24.1 Å². The summed E-state index contributed by atoms with van der Waals surface area (Å²) in [5.74, 6) is -0.257. The van der Waals surface area contributed by atoms with Crippen molar-refractivity contribution < 1.29 is 4.39 Å². The highest BCUT2D eigenvalue weighted by Crippen LogP contribution is 2.26. The summed E-state index contributed by atoms with van der Waals surface area (Å²) in [6.45, 7) is 1.48. The second-order valence-corrected chi connectivity index (χ2v) is 3.55. The third kappa shape index (κ3) is 1.57. The van der Waals surface area contributed by atoms with Gasteiger partial charge in [-0.2, -0.15) is 0 Å². The van der Waals surface area contributed by atoms with E-state index in [0.29, 0.717) is 12.2 Å². The fraction of sp³-hybridized carbons (Fsp3) is 0.500. The van der Waals surface area contributed by atoms with Crippen molar-refractivity contribution in [2.75, 3.05) is 18.0 Å². The number of aromatic nitrogens is 1. The Hall–Kier alpha value is -1.16. The summed E-state index contributed by atoms with van der Waals surface area (Å²) in [6, 6.07) is 2.00. The zero-order valence-electron chi connectivity index (χ0n) is 7.99. The van der Waals surface area contributed by atoms with Gasteiger partial charge in [0.1, 0.15) is 0 Å². The first-order valence-electron chi connectivity index (χ1n) is 4.89. The Labute approximate surface area is 82.7 Å². The summed E-state index contributed by atoms with van der Waals surface area (Å²) in [4.78, 5) is 5.77. The van der Waals surface area contributed by atoms with Crippen molar-refractivity contribution in [3.8, 4) is 0 Å². The second-order valence-electron chi connectivity index (χ2n) is 3.55. The molecule has 0 aliphatic carbocycles. The fourth-order valence-electron chi connectivity index (χ4n) is 2.00. The van der Waals surface area contributed by atoms with E-state index in [0.717, 1.165) is 19.4 Å². The first kappa shape index (κ1) is 9.40. The first-order valence-corrected chi connectivity index (χ1v) is 4.89. The molecule has 1 aliphatic rings. The van der Waals surface area contributed by atoms with Gasteiger partial charge in [-0.3, -0.25) is 4.98 Å². The van der Waals surface area contributed by atoms with Crippen LogP contribution in [0.1, 0.15) is 12.8 Å². The Morgan fingerprint density at radius 3 is 3.21 bits per heavy atom. The maximum Gasteiger partial charge on any atom is 0.164 e. The van der Waals surface area contributed by atoms with Gasteiger partial charge in [-0.25, -0.2) is 4.39 Å². The van der Waals surface area contributed by atoms with Crippen LogP contribution in [0.2, 0.25) is 0 Å². The van der Waals surface area contributed by atoms with Crippen LogP contribution < -0.4 is 10.6 Å². The number of hydrogen-bond acceptors (Lipinski definition) is 3. The molecule has 2 heterocycles. The van der Waals surface area contributed by atoms with Gasteiger partial charge in [-0.05, 0) is 18.9 Å². The topological polar surface area (TPSA) is 42.1 Å². The number of pyridine rings is 1. The molecule has 3 nitrogen and oxygen atoms in total. The van der Waals surface area contributed by atoms with E-state index in [1.54, 1.807) is 12.3 Å². The number of anilines is 1. The molecule has 4 heteroatoms. The molecule has 1 atom stereocenters. The third-order valence-corrected chi connectivity index (χ3v) is 2.71.